The Labute approximate surface area is 160 Å². The largest absolute Gasteiger partial charge is 0.301 e. The van der Waals surface area contributed by atoms with Gasteiger partial charge in [0, 0.05) is 4.90 Å². The maximum Gasteiger partial charge on any atom is 0.244 e. The molecule has 0 aliphatic carbocycles. The Balaban J connectivity index is 1.61. The molecule has 5 heteroatoms. The average Bonchev–Trinajstić information content (AvgIpc) is 3.09. The molecule has 128 valence electrons. The summed E-state index contributed by atoms with van der Waals surface area (Å²) in [5, 5.41) is 3.29. The van der Waals surface area contributed by atoms with Gasteiger partial charge in [-0.1, -0.05) is 72.0 Å². The molecule has 4 aromatic rings. The highest BCUT2D eigenvalue weighted by Gasteiger charge is 2.23. The molecule has 0 unspecified atom stereocenters. The van der Waals surface area contributed by atoms with Crippen LogP contribution in [0.25, 0.3) is 10.2 Å². The zero-order valence-corrected chi connectivity index (χ0v) is 15.5. The van der Waals surface area contributed by atoms with Gasteiger partial charge in [0.2, 0.25) is 5.91 Å². The van der Waals surface area contributed by atoms with Crippen molar-refractivity contribution in [3.8, 4) is 0 Å². The number of hydrogen-bond acceptors (Lipinski definition) is 4. The highest BCUT2D eigenvalue weighted by Crippen LogP contribution is 2.36. The van der Waals surface area contributed by atoms with Gasteiger partial charge in [0.15, 0.2) is 5.13 Å². The van der Waals surface area contributed by atoms with E-state index in [1.807, 2.05) is 84.9 Å². The van der Waals surface area contributed by atoms with Gasteiger partial charge in [0.05, 0.1) is 10.2 Å². The van der Waals surface area contributed by atoms with Gasteiger partial charge in [0.25, 0.3) is 0 Å². The van der Waals surface area contributed by atoms with Crippen molar-refractivity contribution in [3.63, 3.8) is 0 Å². The molecule has 1 N–H and O–H groups in total. The van der Waals surface area contributed by atoms with Gasteiger partial charge >= 0.3 is 0 Å². The van der Waals surface area contributed by atoms with E-state index in [-0.39, 0.29) is 11.2 Å². The van der Waals surface area contributed by atoms with Crippen molar-refractivity contribution in [2.24, 2.45) is 0 Å². The SMILES string of the molecule is O=C(Nc1nc2ccccc2s1)[C@H](Sc1ccccc1)c1ccccc1. The summed E-state index contributed by atoms with van der Waals surface area (Å²) in [6, 6.07) is 27.7. The summed E-state index contributed by atoms with van der Waals surface area (Å²) < 4.78 is 1.06. The Morgan fingerprint density at radius 2 is 1.54 bits per heavy atom. The summed E-state index contributed by atoms with van der Waals surface area (Å²) in [6.07, 6.45) is 0. The van der Waals surface area contributed by atoms with E-state index < -0.39 is 0 Å². The number of amides is 1. The monoisotopic (exact) mass is 376 g/mol. The Morgan fingerprint density at radius 1 is 0.885 bits per heavy atom. The third kappa shape index (κ3) is 3.79. The summed E-state index contributed by atoms with van der Waals surface area (Å²) in [7, 11) is 0. The van der Waals surface area contributed by atoms with Gasteiger partial charge in [-0.2, -0.15) is 0 Å². The highest BCUT2D eigenvalue weighted by molar-refractivity contribution is 8.00. The maximum absolute atomic E-state index is 13.0. The lowest BCUT2D eigenvalue weighted by Crippen LogP contribution is -2.18. The molecule has 0 fully saturated rings. The molecule has 0 spiro atoms. The molecule has 0 aliphatic rings. The summed E-state index contributed by atoms with van der Waals surface area (Å²) in [4.78, 5) is 18.6. The highest BCUT2D eigenvalue weighted by atomic mass is 32.2. The van der Waals surface area contributed by atoms with Crippen molar-refractivity contribution in [1.29, 1.82) is 0 Å². The van der Waals surface area contributed by atoms with Crippen LogP contribution in [-0.2, 0) is 4.79 Å². The van der Waals surface area contributed by atoms with E-state index in [9.17, 15) is 4.79 Å². The second kappa shape index (κ2) is 7.72. The van der Waals surface area contributed by atoms with Crippen molar-refractivity contribution in [2.75, 3.05) is 5.32 Å². The Kier molecular flexibility index (Phi) is 5.00. The zero-order chi connectivity index (χ0) is 17.8. The van der Waals surface area contributed by atoms with Crippen LogP contribution >= 0.6 is 23.1 Å². The number of fused-ring (bicyclic) bond motifs is 1. The molecule has 0 bridgehead atoms. The van der Waals surface area contributed by atoms with Crippen LogP contribution in [0, 0.1) is 0 Å². The van der Waals surface area contributed by atoms with Crippen molar-refractivity contribution in [1.82, 2.24) is 4.98 Å². The second-order valence-corrected chi connectivity index (χ2v) is 7.91. The van der Waals surface area contributed by atoms with Gasteiger partial charge in [-0.05, 0) is 29.8 Å². The van der Waals surface area contributed by atoms with E-state index in [0.717, 1.165) is 20.7 Å². The third-order valence-electron chi connectivity index (χ3n) is 3.86. The standard InChI is InChI=1S/C21H16N2OS2/c24-20(23-21-22-17-13-7-8-14-18(17)26-21)19(15-9-3-1-4-10-15)25-16-11-5-2-6-12-16/h1-14,19H,(H,22,23,24)/t19-/m1/s1. The minimum Gasteiger partial charge on any atom is -0.301 e. The van der Waals surface area contributed by atoms with Gasteiger partial charge in [0.1, 0.15) is 5.25 Å². The van der Waals surface area contributed by atoms with Crippen LogP contribution in [-0.4, -0.2) is 10.9 Å². The van der Waals surface area contributed by atoms with Crippen LogP contribution in [0.4, 0.5) is 5.13 Å². The predicted octanol–water partition coefficient (Wildman–Crippen LogP) is 5.77. The van der Waals surface area contributed by atoms with Crippen LogP contribution in [0.5, 0.6) is 0 Å². The van der Waals surface area contributed by atoms with Crippen LogP contribution in [0.1, 0.15) is 10.8 Å². The topological polar surface area (TPSA) is 42.0 Å². The molecule has 0 saturated carbocycles. The average molecular weight is 377 g/mol. The molecule has 3 nitrogen and oxygen atoms in total. The number of aromatic nitrogens is 1. The first-order chi connectivity index (χ1) is 12.8. The van der Waals surface area contributed by atoms with Crippen molar-refractivity contribution in [3.05, 3.63) is 90.5 Å². The smallest absolute Gasteiger partial charge is 0.244 e. The molecule has 1 aromatic heterocycles. The number of benzene rings is 3. The van der Waals surface area contributed by atoms with Crippen LogP contribution in [0.2, 0.25) is 0 Å². The van der Waals surface area contributed by atoms with E-state index in [0.29, 0.717) is 5.13 Å². The first-order valence-corrected chi connectivity index (χ1v) is 9.92. The van der Waals surface area contributed by atoms with Crippen LogP contribution in [0.15, 0.2) is 89.8 Å². The first-order valence-electron chi connectivity index (χ1n) is 8.23. The second-order valence-electron chi connectivity index (χ2n) is 5.70. The van der Waals surface area contributed by atoms with E-state index in [4.69, 9.17) is 0 Å². The van der Waals surface area contributed by atoms with Gasteiger partial charge in [-0.3, -0.25) is 4.79 Å². The van der Waals surface area contributed by atoms with E-state index in [1.54, 1.807) is 11.8 Å². The number of nitrogens with zero attached hydrogens (tertiary/aromatic N) is 1. The van der Waals surface area contributed by atoms with Gasteiger partial charge in [-0.25, -0.2) is 4.98 Å². The number of anilines is 1. The number of hydrogen-bond donors (Lipinski definition) is 1. The number of carbonyl (C=O) groups excluding carboxylic acids is 1. The molecule has 1 heterocycles. The molecule has 26 heavy (non-hydrogen) atoms. The summed E-state index contributed by atoms with van der Waals surface area (Å²) in [5.74, 6) is -0.0656. The lowest BCUT2D eigenvalue weighted by Gasteiger charge is -2.16. The minimum atomic E-state index is -0.342. The Bertz CT molecular complexity index is 983. The van der Waals surface area contributed by atoms with Gasteiger partial charge in [-0.15, -0.1) is 11.8 Å². The normalized spacial score (nSPS) is 12.0. The number of rotatable bonds is 5. The van der Waals surface area contributed by atoms with Crippen molar-refractivity contribution in [2.45, 2.75) is 10.1 Å². The fourth-order valence-corrected chi connectivity index (χ4v) is 4.55. The zero-order valence-electron chi connectivity index (χ0n) is 13.8. The quantitative estimate of drug-likeness (QED) is 0.450. The van der Waals surface area contributed by atoms with E-state index in [2.05, 4.69) is 10.3 Å². The molecular weight excluding hydrogens is 360 g/mol. The minimum absolute atomic E-state index is 0.0656. The predicted molar refractivity (Wildman–Crippen MR) is 110 cm³/mol. The molecule has 4 rings (SSSR count). The fourth-order valence-electron chi connectivity index (χ4n) is 2.63. The molecule has 1 atom stereocenters. The number of thiazole rings is 1. The molecule has 0 radical (unpaired) electrons. The number of nitrogens with one attached hydrogen (secondary N) is 1. The number of carbonyl (C=O) groups is 1. The summed E-state index contributed by atoms with van der Waals surface area (Å²) >= 11 is 3.03. The van der Waals surface area contributed by atoms with Crippen molar-refractivity contribution >= 4 is 44.4 Å². The summed E-state index contributed by atoms with van der Waals surface area (Å²) in [6.45, 7) is 0. The molecule has 0 aliphatic heterocycles. The lowest BCUT2D eigenvalue weighted by molar-refractivity contribution is -0.115. The first kappa shape index (κ1) is 16.8. The van der Waals surface area contributed by atoms with Crippen molar-refractivity contribution < 1.29 is 4.79 Å². The van der Waals surface area contributed by atoms with Crippen LogP contribution < -0.4 is 5.32 Å². The molecule has 1 amide bonds. The Morgan fingerprint density at radius 3 is 2.27 bits per heavy atom. The third-order valence-corrected chi connectivity index (χ3v) is 6.08. The Hall–Kier alpha value is -2.63. The molecular formula is C21H16N2OS2. The lowest BCUT2D eigenvalue weighted by atomic mass is 10.1. The number of para-hydroxylation sites is 1. The van der Waals surface area contributed by atoms with Crippen LogP contribution in [0.3, 0.4) is 0 Å². The van der Waals surface area contributed by atoms with Gasteiger partial charge < -0.3 is 5.32 Å². The maximum atomic E-state index is 13.0. The molecule has 3 aromatic carbocycles. The number of thioether (sulfide) groups is 1. The van der Waals surface area contributed by atoms with E-state index in [1.165, 1.54) is 11.3 Å². The summed E-state index contributed by atoms with van der Waals surface area (Å²) in [5.41, 5.74) is 1.87. The fraction of sp³-hybridized carbons (Fsp3) is 0.0476. The van der Waals surface area contributed by atoms with E-state index >= 15 is 0 Å². The molecule has 0 saturated heterocycles.